The van der Waals surface area contributed by atoms with Crippen LogP contribution in [0, 0.1) is 0 Å². The largest absolute Gasteiger partial charge is 0.311 e. The SMILES string of the molecule is Cn1cc(-c2cnc3ncn(C4CCN(Cc5cccs5)CC4)c3n2)cn1. The van der Waals surface area contributed by atoms with Crippen LogP contribution in [0.2, 0.25) is 0 Å². The number of piperidine rings is 1. The summed E-state index contributed by atoms with van der Waals surface area (Å²) in [6.07, 6.45) is 9.67. The summed E-state index contributed by atoms with van der Waals surface area (Å²) in [5, 5.41) is 6.38. The number of imidazole rings is 1. The zero-order valence-corrected chi connectivity index (χ0v) is 16.0. The fourth-order valence-corrected chi connectivity index (χ4v) is 4.49. The summed E-state index contributed by atoms with van der Waals surface area (Å²) < 4.78 is 3.99. The van der Waals surface area contributed by atoms with Crippen LogP contribution in [0.25, 0.3) is 22.6 Å². The molecule has 4 aromatic heterocycles. The van der Waals surface area contributed by atoms with E-state index in [1.165, 1.54) is 4.88 Å². The van der Waals surface area contributed by atoms with Gasteiger partial charge < -0.3 is 4.57 Å². The topological polar surface area (TPSA) is 64.7 Å². The minimum atomic E-state index is 0.424. The van der Waals surface area contributed by atoms with Crippen LogP contribution >= 0.6 is 11.3 Å². The molecule has 7 nitrogen and oxygen atoms in total. The van der Waals surface area contributed by atoms with Gasteiger partial charge in [0.05, 0.1) is 24.4 Å². The summed E-state index contributed by atoms with van der Waals surface area (Å²) >= 11 is 1.84. The van der Waals surface area contributed by atoms with Gasteiger partial charge in [-0.05, 0) is 24.3 Å². The van der Waals surface area contributed by atoms with Gasteiger partial charge in [-0.2, -0.15) is 5.10 Å². The maximum absolute atomic E-state index is 4.85. The summed E-state index contributed by atoms with van der Waals surface area (Å²) in [6, 6.07) is 4.77. The molecule has 0 aromatic carbocycles. The second kappa shape index (κ2) is 6.86. The monoisotopic (exact) mass is 379 g/mol. The van der Waals surface area contributed by atoms with Crippen LogP contribution in [0.3, 0.4) is 0 Å². The maximum Gasteiger partial charge on any atom is 0.197 e. The Kier molecular flexibility index (Phi) is 4.21. The van der Waals surface area contributed by atoms with E-state index in [9.17, 15) is 0 Å². The highest BCUT2D eigenvalue weighted by Crippen LogP contribution is 2.27. The van der Waals surface area contributed by atoms with E-state index in [1.54, 1.807) is 10.9 Å². The molecule has 0 bridgehead atoms. The van der Waals surface area contributed by atoms with E-state index in [4.69, 9.17) is 4.98 Å². The number of thiophene rings is 1. The Bertz CT molecular complexity index is 1040. The fourth-order valence-electron chi connectivity index (χ4n) is 3.75. The van der Waals surface area contributed by atoms with E-state index >= 15 is 0 Å². The second-order valence-electron chi connectivity index (χ2n) is 7.04. The first-order valence-corrected chi connectivity index (χ1v) is 10.1. The Morgan fingerprint density at radius 2 is 2.07 bits per heavy atom. The molecule has 1 fully saturated rings. The van der Waals surface area contributed by atoms with Crippen molar-refractivity contribution in [1.29, 1.82) is 0 Å². The lowest BCUT2D eigenvalue weighted by Crippen LogP contribution is -2.33. The van der Waals surface area contributed by atoms with E-state index < -0.39 is 0 Å². The molecule has 1 aliphatic heterocycles. The Labute approximate surface area is 161 Å². The fraction of sp³-hybridized carbons (Fsp3) is 0.368. The Balaban J connectivity index is 1.36. The maximum atomic E-state index is 4.85. The number of rotatable bonds is 4. The van der Waals surface area contributed by atoms with Crippen molar-refractivity contribution in [2.45, 2.75) is 25.4 Å². The lowest BCUT2D eigenvalue weighted by atomic mass is 10.0. The van der Waals surface area contributed by atoms with Crippen LogP contribution in [0.15, 0.2) is 42.4 Å². The number of hydrogen-bond acceptors (Lipinski definition) is 6. The van der Waals surface area contributed by atoms with Crippen LogP contribution < -0.4 is 0 Å². The zero-order chi connectivity index (χ0) is 18.2. The van der Waals surface area contributed by atoms with Crippen molar-refractivity contribution in [1.82, 2.24) is 34.2 Å². The van der Waals surface area contributed by atoms with E-state index in [0.717, 1.165) is 49.4 Å². The molecular weight excluding hydrogens is 358 g/mol. The number of aryl methyl sites for hydroxylation is 1. The summed E-state index contributed by atoms with van der Waals surface area (Å²) in [7, 11) is 1.91. The van der Waals surface area contributed by atoms with Crippen LogP contribution in [-0.2, 0) is 13.6 Å². The predicted octanol–water partition coefficient (Wildman–Crippen LogP) is 3.13. The number of hydrogen-bond donors (Lipinski definition) is 0. The number of nitrogens with zero attached hydrogens (tertiary/aromatic N) is 7. The van der Waals surface area contributed by atoms with Gasteiger partial charge in [-0.1, -0.05) is 6.07 Å². The average Bonchev–Trinajstić information content (AvgIpc) is 3.43. The summed E-state index contributed by atoms with van der Waals surface area (Å²) in [6.45, 7) is 3.25. The molecule has 0 N–H and O–H groups in total. The molecule has 0 saturated carbocycles. The van der Waals surface area contributed by atoms with E-state index in [-0.39, 0.29) is 0 Å². The molecule has 0 aliphatic carbocycles. The quantitative estimate of drug-likeness (QED) is 0.545. The molecule has 1 saturated heterocycles. The van der Waals surface area contributed by atoms with Crippen molar-refractivity contribution in [2.75, 3.05) is 13.1 Å². The first-order chi connectivity index (χ1) is 13.3. The third-order valence-corrected chi connectivity index (χ3v) is 6.06. The molecule has 1 aliphatic rings. The van der Waals surface area contributed by atoms with Gasteiger partial charge in [-0.15, -0.1) is 11.3 Å². The Morgan fingerprint density at radius 3 is 2.81 bits per heavy atom. The molecule has 5 heterocycles. The zero-order valence-electron chi connectivity index (χ0n) is 15.2. The number of fused-ring (bicyclic) bond motifs is 1. The number of likely N-dealkylation sites (tertiary alicyclic amines) is 1. The van der Waals surface area contributed by atoms with E-state index in [1.807, 2.05) is 37.1 Å². The van der Waals surface area contributed by atoms with Crippen LogP contribution in [0.1, 0.15) is 23.8 Å². The van der Waals surface area contributed by atoms with Crippen LogP contribution in [0.5, 0.6) is 0 Å². The smallest absolute Gasteiger partial charge is 0.197 e. The summed E-state index contributed by atoms with van der Waals surface area (Å²) in [5.74, 6) is 0. The molecule has 0 atom stereocenters. The van der Waals surface area contributed by atoms with Crippen molar-refractivity contribution in [3.63, 3.8) is 0 Å². The molecule has 138 valence electrons. The van der Waals surface area contributed by atoms with Crippen molar-refractivity contribution in [3.8, 4) is 11.3 Å². The first-order valence-electron chi connectivity index (χ1n) is 9.19. The van der Waals surface area contributed by atoms with Gasteiger partial charge >= 0.3 is 0 Å². The summed E-state index contributed by atoms with van der Waals surface area (Å²) in [4.78, 5) is 17.8. The molecule has 5 rings (SSSR count). The highest BCUT2D eigenvalue weighted by atomic mass is 32.1. The molecule has 0 unspecified atom stereocenters. The van der Waals surface area contributed by atoms with Crippen molar-refractivity contribution in [2.24, 2.45) is 7.05 Å². The molecule has 8 heteroatoms. The van der Waals surface area contributed by atoms with Gasteiger partial charge in [0.25, 0.3) is 0 Å². The molecule has 4 aromatic rings. The van der Waals surface area contributed by atoms with Crippen molar-refractivity contribution in [3.05, 3.63) is 47.3 Å². The van der Waals surface area contributed by atoms with Gasteiger partial charge in [-0.3, -0.25) is 9.58 Å². The lowest BCUT2D eigenvalue weighted by Gasteiger charge is -2.32. The second-order valence-corrected chi connectivity index (χ2v) is 8.08. The van der Waals surface area contributed by atoms with Crippen LogP contribution in [-0.4, -0.2) is 47.3 Å². The molecule has 0 spiro atoms. The van der Waals surface area contributed by atoms with Gasteiger partial charge in [0.1, 0.15) is 0 Å². The van der Waals surface area contributed by atoms with E-state index in [2.05, 4.69) is 42.0 Å². The Morgan fingerprint density at radius 1 is 1.19 bits per heavy atom. The highest BCUT2D eigenvalue weighted by Gasteiger charge is 2.23. The minimum Gasteiger partial charge on any atom is -0.311 e. The molecular formula is C19H21N7S. The van der Waals surface area contributed by atoms with Gasteiger partial charge in [0.2, 0.25) is 0 Å². The van der Waals surface area contributed by atoms with Gasteiger partial charge in [0, 0.05) is 49.4 Å². The molecule has 27 heavy (non-hydrogen) atoms. The average molecular weight is 379 g/mol. The van der Waals surface area contributed by atoms with E-state index in [0.29, 0.717) is 11.7 Å². The first kappa shape index (κ1) is 16.6. The van der Waals surface area contributed by atoms with Crippen molar-refractivity contribution >= 4 is 22.6 Å². The predicted molar refractivity (Wildman–Crippen MR) is 105 cm³/mol. The van der Waals surface area contributed by atoms with Crippen molar-refractivity contribution < 1.29 is 0 Å². The van der Waals surface area contributed by atoms with Gasteiger partial charge in [0.15, 0.2) is 11.3 Å². The summed E-state index contributed by atoms with van der Waals surface area (Å²) in [5.41, 5.74) is 3.40. The Hall–Kier alpha value is -2.58. The lowest BCUT2D eigenvalue weighted by molar-refractivity contribution is 0.182. The minimum absolute atomic E-state index is 0.424. The standard InChI is InChI=1S/C19H21N7S/c1-24-11-14(9-22-24)17-10-20-18-19(23-17)26(13-21-18)15-4-6-25(7-5-15)12-16-3-2-8-27-16/h2-3,8-11,13,15H,4-7,12H2,1H3. The van der Waals surface area contributed by atoms with Crippen LogP contribution in [0.4, 0.5) is 0 Å². The molecule has 0 amide bonds. The molecule has 0 radical (unpaired) electrons. The third-order valence-electron chi connectivity index (χ3n) is 5.20. The normalized spacial score (nSPS) is 16.3. The third kappa shape index (κ3) is 3.26. The number of aromatic nitrogens is 6. The highest BCUT2D eigenvalue weighted by molar-refractivity contribution is 7.09. The van der Waals surface area contributed by atoms with Gasteiger partial charge in [-0.25, -0.2) is 15.0 Å².